The number of amides is 1. The van der Waals surface area contributed by atoms with Gasteiger partial charge >= 0.3 is 5.97 Å². The number of oxime groups is 1. The molecule has 1 aliphatic rings. The second-order valence-electron chi connectivity index (χ2n) is 10.7. The summed E-state index contributed by atoms with van der Waals surface area (Å²) in [5.41, 5.74) is 5.84. The van der Waals surface area contributed by atoms with Crippen molar-refractivity contribution in [1.29, 1.82) is 0 Å². The van der Waals surface area contributed by atoms with Crippen LogP contribution in [0.5, 0.6) is 5.75 Å². The first kappa shape index (κ1) is 31.4. The fourth-order valence-electron chi connectivity index (χ4n) is 5.36. The molecule has 0 spiro atoms. The van der Waals surface area contributed by atoms with Gasteiger partial charge in [0.25, 0.3) is 5.91 Å². The van der Waals surface area contributed by atoms with Gasteiger partial charge in [-0.25, -0.2) is 4.79 Å². The van der Waals surface area contributed by atoms with Crippen LogP contribution in [0.4, 0.5) is 0 Å². The molecule has 1 unspecified atom stereocenters. The Bertz CT molecular complexity index is 1530. The number of benzene rings is 3. The fourth-order valence-corrected chi connectivity index (χ4v) is 5.36. The number of nitrogens with zero attached hydrogens (tertiary/aromatic N) is 4. The van der Waals surface area contributed by atoms with E-state index in [0.717, 1.165) is 35.3 Å². The highest BCUT2D eigenvalue weighted by Crippen LogP contribution is 2.29. The lowest BCUT2D eigenvalue weighted by molar-refractivity contribution is -0.148. The quantitative estimate of drug-likeness (QED) is 0.122. The average molecular weight is 607 g/mol. The summed E-state index contributed by atoms with van der Waals surface area (Å²) in [4.78, 5) is 38.3. The van der Waals surface area contributed by atoms with Crippen LogP contribution in [0.25, 0.3) is 11.1 Å². The van der Waals surface area contributed by atoms with Crippen molar-refractivity contribution in [2.24, 2.45) is 5.16 Å². The Labute approximate surface area is 264 Å². The monoisotopic (exact) mass is 606 g/mol. The highest BCUT2D eigenvalue weighted by molar-refractivity contribution is 5.98. The van der Waals surface area contributed by atoms with Crippen molar-refractivity contribution in [2.75, 3.05) is 46.0 Å². The molecule has 0 saturated carbocycles. The predicted octanol–water partition coefficient (Wildman–Crippen LogP) is 5.36. The van der Waals surface area contributed by atoms with Crippen LogP contribution >= 0.6 is 0 Å². The van der Waals surface area contributed by atoms with Gasteiger partial charge in [-0.15, -0.1) is 0 Å². The molecular weight excluding hydrogens is 568 g/mol. The number of pyridine rings is 1. The molecule has 0 aliphatic carbocycles. The van der Waals surface area contributed by atoms with E-state index < -0.39 is 5.97 Å². The van der Waals surface area contributed by atoms with Gasteiger partial charge in [0.1, 0.15) is 5.75 Å². The summed E-state index contributed by atoms with van der Waals surface area (Å²) < 4.78 is 10.8. The van der Waals surface area contributed by atoms with E-state index in [1.807, 2.05) is 78.7 Å². The predicted molar refractivity (Wildman–Crippen MR) is 173 cm³/mol. The summed E-state index contributed by atoms with van der Waals surface area (Å²) >= 11 is 0. The second kappa shape index (κ2) is 15.6. The zero-order valence-corrected chi connectivity index (χ0v) is 25.7. The molecule has 45 heavy (non-hydrogen) atoms. The Morgan fingerprint density at radius 2 is 1.60 bits per heavy atom. The first-order valence-corrected chi connectivity index (χ1v) is 15.1. The number of ether oxygens (including phenoxy) is 2. The number of rotatable bonds is 12. The topological polar surface area (TPSA) is 93.6 Å². The number of esters is 1. The average Bonchev–Trinajstić information content (AvgIpc) is 3.09. The molecule has 1 aromatic heterocycles. The minimum Gasteiger partial charge on any atom is -0.484 e. The van der Waals surface area contributed by atoms with Gasteiger partial charge in [-0.1, -0.05) is 78.0 Å². The molecule has 0 radical (unpaired) electrons. The van der Waals surface area contributed by atoms with E-state index in [-0.39, 0.29) is 25.2 Å². The molecule has 1 fully saturated rings. The Morgan fingerprint density at radius 1 is 0.844 bits per heavy atom. The summed E-state index contributed by atoms with van der Waals surface area (Å²) in [7, 11) is 0. The molecule has 3 aromatic carbocycles. The maximum atomic E-state index is 13.1. The SMILES string of the molecule is CCOC(=O)CON=C(C)c1ccc(-c2cccc(OCC(=O)N3CCN(C(c4ccccc4)c4cccnc4)CC3)c2)cc1. The van der Waals surface area contributed by atoms with Crippen molar-refractivity contribution in [3.05, 3.63) is 120 Å². The number of carbonyl (C=O) groups is 2. The van der Waals surface area contributed by atoms with Crippen LogP contribution < -0.4 is 4.74 Å². The standard InChI is InChI=1S/C36H38N4O5/c1-3-43-35(42)26-45-38-27(2)28-14-16-29(17-15-28)31-11-7-13-33(23-31)44-25-34(41)39-19-21-40(22-20-39)36(30-9-5-4-6-10-30)32-12-8-18-37-24-32/h4-18,23-24,36H,3,19-22,25-26H2,1-2H3. The van der Waals surface area contributed by atoms with Gasteiger partial charge in [-0.05, 0) is 59.9 Å². The maximum absolute atomic E-state index is 13.1. The van der Waals surface area contributed by atoms with Gasteiger partial charge in [0.2, 0.25) is 6.61 Å². The minimum atomic E-state index is -0.454. The van der Waals surface area contributed by atoms with Crippen molar-refractivity contribution in [2.45, 2.75) is 19.9 Å². The molecule has 2 heterocycles. The molecular formula is C36H38N4O5. The van der Waals surface area contributed by atoms with Crippen molar-refractivity contribution in [1.82, 2.24) is 14.8 Å². The van der Waals surface area contributed by atoms with Crippen LogP contribution in [-0.2, 0) is 19.2 Å². The highest BCUT2D eigenvalue weighted by Gasteiger charge is 2.28. The number of hydrogen-bond donors (Lipinski definition) is 0. The molecule has 5 rings (SSSR count). The molecule has 0 bridgehead atoms. The summed E-state index contributed by atoms with van der Waals surface area (Å²) in [5.74, 6) is 0.154. The largest absolute Gasteiger partial charge is 0.484 e. The van der Waals surface area contributed by atoms with E-state index in [9.17, 15) is 9.59 Å². The van der Waals surface area contributed by atoms with Gasteiger partial charge in [-0.2, -0.15) is 0 Å². The molecule has 4 aromatic rings. The zero-order valence-electron chi connectivity index (χ0n) is 25.7. The van der Waals surface area contributed by atoms with Gasteiger partial charge in [0.15, 0.2) is 6.61 Å². The van der Waals surface area contributed by atoms with Crippen LogP contribution in [-0.4, -0.2) is 78.4 Å². The van der Waals surface area contributed by atoms with E-state index >= 15 is 0 Å². The third kappa shape index (κ3) is 8.55. The summed E-state index contributed by atoms with van der Waals surface area (Å²) in [6.07, 6.45) is 3.71. The van der Waals surface area contributed by atoms with Crippen molar-refractivity contribution >= 4 is 17.6 Å². The number of piperazine rings is 1. The Hall–Kier alpha value is -5.02. The molecule has 232 valence electrons. The van der Waals surface area contributed by atoms with Crippen LogP contribution in [0.1, 0.15) is 36.6 Å². The molecule has 9 heteroatoms. The lowest BCUT2D eigenvalue weighted by Crippen LogP contribution is -2.51. The Balaban J connectivity index is 1.14. The lowest BCUT2D eigenvalue weighted by Gasteiger charge is -2.39. The lowest BCUT2D eigenvalue weighted by atomic mass is 9.98. The minimum absolute atomic E-state index is 0.0193. The smallest absolute Gasteiger partial charge is 0.347 e. The number of hydrogen-bond acceptors (Lipinski definition) is 8. The molecule has 1 amide bonds. The van der Waals surface area contributed by atoms with E-state index in [1.165, 1.54) is 5.56 Å². The van der Waals surface area contributed by atoms with Crippen molar-refractivity contribution in [3.63, 3.8) is 0 Å². The summed E-state index contributed by atoms with van der Waals surface area (Å²) in [6.45, 7) is 6.39. The second-order valence-corrected chi connectivity index (χ2v) is 10.7. The molecule has 9 nitrogen and oxygen atoms in total. The van der Waals surface area contributed by atoms with Crippen molar-refractivity contribution < 1.29 is 23.9 Å². The van der Waals surface area contributed by atoms with Gasteiger partial charge in [0, 0.05) is 38.6 Å². The number of carbonyl (C=O) groups excluding carboxylic acids is 2. The van der Waals surface area contributed by atoms with Crippen LogP contribution in [0, 0.1) is 0 Å². The zero-order chi connectivity index (χ0) is 31.4. The molecule has 1 atom stereocenters. The third-order valence-electron chi connectivity index (χ3n) is 7.67. The van der Waals surface area contributed by atoms with Crippen LogP contribution in [0.3, 0.4) is 0 Å². The van der Waals surface area contributed by atoms with Crippen LogP contribution in [0.15, 0.2) is 109 Å². The molecule has 1 saturated heterocycles. The first-order chi connectivity index (χ1) is 22.0. The van der Waals surface area contributed by atoms with Crippen molar-refractivity contribution in [3.8, 4) is 16.9 Å². The third-order valence-corrected chi connectivity index (χ3v) is 7.67. The first-order valence-electron chi connectivity index (χ1n) is 15.1. The van der Waals surface area contributed by atoms with Gasteiger partial charge < -0.3 is 19.2 Å². The fraction of sp³-hybridized carbons (Fsp3) is 0.278. The van der Waals surface area contributed by atoms with Crippen LogP contribution in [0.2, 0.25) is 0 Å². The summed E-state index contributed by atoms with van der Waals surface area (Å²) in [6, 6.07) is 30.2. The Morgan fingerprint density at radius 3 is 2.31 bits per heavy atom. The highest BCUT2D eigenvalue weighted by atomic mass is 16.7. The maximum Gasteiger partial charge on any atom is 0.347 e. The van der Waals surface area contributed by atoms with E-state index in [1.54, 1.807) is 13.1 Å². The molecule has 1 aliphatic heterocycles. The number of aromatic nitrogens is 1. The van der Waals surface area contributed by atoms with Gasteiger partial charge in [-0.3, -0.25) is 14.7 Å². The summed E-state index contributed by atoms with van der Waals surface area (Å²) in [5, 5.41) is 4.01. The van der Waals surface area contributed by atoms with E-state index in [2.05, 4.69) is 45.4 Å². The molecule has 0 N–H and O–H groups in total. The normalized spacial score (nSPS) is 14.4. The van der Waals surface area contributed by atoms with E-state index in [0.29, 0.717) is 31.2 Å². The Kier molecular flexibility index (Phi) is 10.9. The van der Waals surface area contributed by atoms with E-state index in [4.69, 9.17) is 14.3 Å². The van der Waals surface area contributed by atoms with Gasteiger partial charge in [0.05, 0.1) is 18.4 Å².